The van der Waals surface area contributed by atoms with E-state index in [0.29, 0.717) is 6.04 Å². The van der Waals surface area contributed by atoms with Crippen LogP contribution in [0.5, 0.6) is 0 Å². The fourth-order valence-electron chi connectivity index (χ4n) is 3.46. The van der Waals surface area contributed by atoms with Crippen LogP contribution in [0, 0.1) is 0 Å². The normalized spacial score (nSPS) is 22.5. The Labute approximate surface area is 133 Å². The lowest BCUT2D eigenvalue weighted by atomic mass is 10.1. The first-order chi connectivity index (χ1) is 10.4. The number of benzene rings is 1. The Kier molecular flexibility index (Phi) is 4.13. The lowest BCUT2D eigenvalue weighted by Crippen LogP contribution is -2.50. The smallest absolute Gasteiger partial charge is 0.410 e. The molecule has 120 valence electrons. The highest BCUT2D eigenvalue weighted by Gasteiger charge is 2.32. The molecule has 0 N–H and O–H groups in total. The number of piperazine rings is 1. The molecule has 1 aromatic carbocycles. The van der Waals surface area contributed by atoms with E-state index in [4.69, 9.17) is 4.74 Å². The number of amides is 1. The van der Waals surface area contributed by atoms with Gasteiger partial charge >= 0.3 is 6.09 Å². The molecule has 0 saturated carbocycles. The molecular formula is C18H26N2O2. The van der Waals surface area contributed by atoms with E-state index in [2.05, 4.69) is 29.2 Å². The second-order valence-corrected chi connectivity index (χ2v) is 7.26. The van der Waals surface area contributed by atoms with Gasteiger partial charge in [0.1, 0.15) is 5.60 Å². The van der Waals surface area contributed by atoms with Crippen molar-refractivity contribution in [1.29, 1.82) is 0 Å². The van der Waals surface area contributed by atoms with Crippen molar-refractivity contribution >= 4 is 6.09 Å². The van der Waals surface area contributed by atoms with Gasteiger partial charge in [-0.2, -0.15) is 0 Å². The maximum Gasteiger partial charge on any atom is 0.410 e. The number of rotatable bonds is 1. The number of fused-ring (bicyclic) bond motifs is 1. The number of carbonyl (C=O) groups excluding carboxylic acids is 1. The maximum atomic E-state index is 12.1. The minimum absolute atomic E-state index is 0.182. The summed E-state index contributed by atoms with van der Waals surface area (Å²) in [6.45, 7) is 9.11. The summed E-state index contributed by atoms with van der Waals surface area (Å²) in [6, 6.07) is 9.28. The molecule has 0 aromatic heterocycles. The summed E-state index contributed by atoms with van der Waals surface area (Å²) in [4.78, 5) is 16.5. The van der Waals surface area contributed by atoms with Gasteiger partial charge in [0.15, 0.2) is 0 Å². The Morgan fingerprint density at radius 2 is 1.82 bits per heavy atom. The van der Waals surface area contributed by atoms with Gasteiger partial charge in [0.2, 0.25) is 0 Å². The van der Waals surface area contributed by atoms with Gasteiger partial charge in [0, 0.05) is 32.2 Å². The highest BCUT2D eigenvalue weighted by Crippen LogP contribution is 2.35. The molecule has 1 saturated heterocycles. The van der Waals surface area contributed by atoms with Gasteiger partial charge in [-0.05, 0) is 44.7 Å². The molecule has 1 heterocycles. The fourth-order valence-corrected chi connectivity index (χ4v) is 3.46. The number of carbonyl (C=O) groups is 1. The van der Waals surface area contributed by atoms with Gasteiger partial charge < -0.3 is 9.64 Å². The molecule has 1 aromatic rings. The van der Waals surface area contributed by atoms with E-state index in [0.717, 1.165) is 26.2 Å². The minimum Gasteiger partial charge on any atom is -0.444 e. The summed E-state index contributed by atoms with van der Waals surface area (Å²) in [5.74, 6) is 0. The minimum atomic E-state index is -0.418. The molecule has 1 unspecified atom stereocenters. The SMILES string of the molecule is CC(C)(C)OC(=O)N1CCN(C2CCc3ccccc32)CC1. The molecular weight excluding hydrogens is 276 g/mol. The zero-order valence-corrected chi connectivity index (χ0v) is 13.8. The Balaban J connectivity index is 1.58. The van der Waals surface area contributed by atoms with E-state index in [1.807, 2.05) is 25.7 Å². The Hall–Kier alpha value is -1.55. The molecule has 4 nitrogen and oxygen atoms in total. The summed E-state index contributed by atoms with van der Waals surface area (Å²) in [6.07, 6.45) is 2.19. The van der Waals surface area contributed by atoms with Crippen molar-refractivity contribution in [3.8, 4) is 0 Å². The number of aryl methyl sites for hydroxylation is 1. The molecule has 1 atom stereocenters. The standard InChI is InChI=1S/C18H26N2O2/c1-18(2,3)22-17(21)20-12-10-19(11-13-20)16-9-8-14-6-4-5-7-15(14)16/h4-7,16H,8-13H2,1-3H3. The predicted molar refractivity (Wildman–Crippen MR) is 86.9 cm³/mol. The predicted octanol–water partition coefficient (Wildman–Crippen LogP) is 3.23. The lowest BCUT2D eigenvalue weighted by Gasteiger charge is -2.38. The summed E-state index contributed by atoms with van der Waals surface area (Å²) in [5.41, 5.74) is 2.55. The molecule has 22 heavy (non-hydrogen) atoms. The molecule has 1 aliphatic carbocycles. The Bertz CT molecular complexity index is 542. The van der Waals surface area contributed by atoms with Crippen LogP contribution < -0.4 is 0 Å². The van der Waals surface area contributed by atoms with Gasteiger partial charge in [0.05, 0.1) is 0 Å². The van der Waals surface area contributed by atoms with Crippen LogP contribution in [0.2, 0.25) is 0 Å². The third kappa shape index (κ3) is 3.27. The van der Waals surface area contributed by atoms with Crippen molar-refractivity contribution in [3.05, 3.63) is 35.4 Å². The van der Waals surface area contributed by atoms with Crippen molar-refractivity contribution in [2.24, 2.45) is 0 Å². The summed E-state index contributed by atoms with van der Waals surface area (Å²) in [7, 11) is 0. The molecule has 0 bridgehead atoms. The second-order valence-electron chi connectivity index (χ2n) is 7.26. The summed E-state index contributed by atoms with van der Waals surface area (Å²) in [5, 5.41) is 0. The van der Waals surface area contributed by atoms with E-state index in [1.165, 1.54) is 24.0 Å². The first kappa shape index (κ1) is 15.3. The first-order valence-corrected chi connectivity index (χ1v) is 8.24. The fraction of sp³-hybridized carbons (Fsp3) is 0.611. The van der Waals surface area contributed by atoms with Gasteiger partial charge in [-0.25, -0.2) is 4.79 Å². The number of hydrogen-bond acceptors (Lipinski definition) is 3. The maximum absolute atomic E-state index is 12.1. The molecule has 0 radical (unpaired) electrons. The third-order valence-electron chi connectivity index (χ3n) is 4.51. The van der Waals surface area contributed by atoms with E-state index >= 15 is 0 Å². The molecule has 2 aliphatic rings. The van der Waals surface area contributed by atoms with Gasteiger partial charge in [-0.3, -0.25) is 4.90 Å². The second kappa shape index (κ2) is 5.92. The zero-order chi connectivity index (χ0) is 15.7. The summed E-state index contributed by atoms with van der Waals surface area (Å²) < 4.78 is 5.46. The van der Waals surface area contributed by atoms with Crippen LogP contribution in [0.25, 0.3) is 0 Å². The Morgan fingerprint density at radius 3 is 2.50 bits per heavy atom. The van der Waals surface area contributed by atoms with Crippen LogP contribution in [0.3, 0.4) is 0 Å². The highest BCUT2D eigenvalue weighted by atomic mass is 16.6. The van der Waals surface area contributed by atoms with E-state index in [9.17, 15) is 4.79 Å². The Morgan fingerprint density at radius 1 is 1.14 bits per heavy atom. The van der Waals surface area contributed by atoms with E-state index in [1.54, 1.807) is 0 Å². The molecule has 1 aliphatic heterocycles. The van der Waals surface area contributed by atoms with E-state index < -0.39 is 5.60 Å². The highest BCUT2D eigenvalue weighted by molar-refractivity contribution is 5.68. The number of ether oxygens (including phenoxy) is 1. The van der Waals surface area contributed by atoms with Crippen molar-refractivity contribution in [3.63, 3.8) is 0 Å². The topological polar surface area (TPSA) is 32.8 Å². The van der Waals surface area contributed by atoms with Crippen LogP contribution in [-0.2, 0) is 11.2 Å². The zero-order valence-electron chi connectivity index (χ0n) is 13.8. The van der Waals surface area contributed by atoms with Gasteiger partial charge in [-0.1, -0.05) is 24.3 Å². The van der Waals surface area contributed by atoms with Crippen LogP contribution in [0.15, 0.2) is 24.3 Å². The average molecular weight is 302 g/mol. The molecule has 1 amide bonds. The molecule has 4 heteroatoms. The largest absolute Gasteiger partial charge is 0.444 e. The summed E-state index contributed by atoms with van der Waals surface area (Å²) >= 11 is 0. The van der Waals surface area contributed by atoms with Crippen LogP contribution in [-0.4, -0.2) is 47.7 Å². The number of nitrogens with zero attached hydrogens (tertiary/aromatic N) is 2. The van der Waals surface area contributed by atoms with Crippen molar-refractivity contribution < 1.29 is 9.53 Å². The number of hydrogen-bond donors (Lipinski definition) is 0. The van der Waals surface area contributed by atoms with Crippen molar-refractivity contribution in [2.75, 3.05) is 26.2 Å². The van der Waals surface area contributed by atoms with Crippen LogP contribution >= 0.6 is 0 Å². The van der Waals surface area contributed by atoms with Crippen molar-refractivity contribution in [1.82, 2.24) is 9.80 Å². The first-order valence-electron chi connectivity index (χ1n) is 8.24. The monoisotopic (exact) mass is 302 g/mol. The lowest BCUT2D eigenvalue weighted by molar-refractivity contribution is 0.0103. The molecule has 0 spiro atoms. The van der Waals surface area contributed by atoms with Crippen LogP contribution in [0.4, 0.5) is 4.79 Å². The average Bonchev–Trinajstić information content (AvgIpc) is 2.89. The molecule has 3 rings (SSSR count). The quantitative estimate of drug-likeness (QED) is 0.798. The van der Waals surface area contributed by atoms with Crippen molar-refractivity contribution in [2.45, 2.75) is 45.3 Å². The van der Waals surface area contributed by atoms with Gasteiger partial charge in [-0.15, -0.1) is 0 Å². The van der Waals surface area contributed by atoms with E-state index in [-0.39, 0.29) is 6.09 Å². The molecule has 1 fully saturated rings. The van der Waals surface area contributed by atoms with Crippen LogP contribution in [0.1, 0.15) is 44.4 Å². The third-order valence-corrected chi connectivity index (χ3v) is 4.51. The van der Waals surface area contributed by atoms with Gasteiger partial charge in [0.25, 0.3) is 0 Å².